The molecule has 10 rings (SSSR count). The molecule has 0 aliphatic carbocycles. The topological polar surface area (TPSA) is 13.1 Å². The normalized spacial score (nSPS) is 12.2. The summed E-state index contributed by atoms with van der Waals surface area (Å²) in [6.07, 6.45) is 0. The Bertz CT molecular complexity index is 2660. The van der Waals surface area contributed by atoms with Gasteiger partial charge in [-0.2, -0.15) is 0 Å². The van der Waals surface area contributed by atoms with Gasteiger partial charge in [-0.15, -0.1) is 0 Å². The first-order valence-corrected chi connectivity index (χ1v) is 14.9. The van der Waals surface area contributed by atoms with Crippen molar-refractivity contribution in [3.8, 4) is 22.3 Å². The van der Waals surface area contributed by atoms with Crippen LogP contribution in [0.4, 0.5) is 0 Å². The molecule has 0 atom stereocenters. The summed E-state index contributed by atoms with van der Waals surface area (Å²) in [5.74, 6) is 0. The first-order valence-electron chi connectivity index (χ1n) is 14.9. The number of hydrogen-bond acceptors (Lipinski definition) is 1. The summed E-state index contributed by atoms with van der Waals surface area (Å²) in [5, 5.41) is 14.8. The van der Waals surface area contributed by atoms with Crippen LogP contribution in [0.25, 0.3) is 98.1 Å². The zero-order valence-corrected chi connectivity index (χ0v) is 23.3. The number of fused-ring (bicyclic) bond motifs is 5. The molecule has 0 spiro atoms. The van der Waals surface area contributed by atoms with Gasteiger partial charge >= 0.3 is 0 Å². The molecule has 1 heterocycles. The van der Waals surface area contributed by atoms with Crippen molar-refractivity contribution in [3.05, 3.63) is 146 Å². The summed E-state index contributed by atoms with van der Waals surface area (Å²) in [6.45, 7) is 0. The number of benzene rings is 9. The lowest BCUT2D eigenvalue weighted by Gasteiger charge is -2.20. The molecule has 1 heteroatoms. The lowest BCUT2D eigenvalue weighted by atomic mass is 9.82. The average molecular weight is 545 g/mol. The minimum absolute atomic E-state index is 0.946. The molecule has 10 aromatic rings. The average Bonchev–Trinajstić information content (AvgIpc) is 3.47. The van der Waals surface area contributed by atoms with Crippen molar-refractivity contribution < 1.29 is 4.42 Å². The minimum Gasteiger partial charge on any atom is -0.455 e. The van der Waals surface area contributed by atoms with E-state index in [0.29, 0.717) is 0 Å². The molecule has 1 nitrogen and oxygen atoms in total. The lowest BCUT2D eigenvalue weighted by Crippen LogP contribution is -1.93. The summed E-state index contributed by atoms with van der Waals surface area (Å²) >= 11 is 0. The Morgan fingerprint density at radius 3 is 1.58 bits per heavy atom. The van der Waals surface area contributed by atoms with Gasteiger partial charge in [-0.05, 0) is 88.9 Å². The van der Waals surface area contributed by atoms with Crippen LogP contribution < -0.4 is 0 Å². The fraction of sp³-hybridized carbons (Fsp3) is 0. The SMILES string of the molecule is c1ccc2c(-c3c4ccccc4c(-c4cc5cccc6oc7c8ccccc8cc4c7c56)c4ccccc34)cccc2c1. The molecule has 198 valence electrons. The lowest BCUT2D eigenvalue weighted by molar-refractivity contribution is 0.673. The van der Waals surface area contributed by atoms with E-state index >= 15 is 0 Å². The molecule has 0 bridgehead atoms. The molecule has 0 saturated heterocycles. The van der Waals surface area contributed by atoms with Crippen molar-refractivity contribution in [3.63, 3.8) is 0 Å². The van der Waals surface area contributed by atoms with Gasteiger partial charge in [0.1, 0.15) is 11.2 Å². The molecule has 0 radical (unpaired) electrons. The summed E-state index contributed by atoms with van der Waals surface area (Å²) in [5.41, 5.74) is 7.00. The van der Waals surface area contributed by atoms with Crippen molar-refractivity contribution in [2.24, 2.45) is 0 Å². The van der Waals surface area contributed by atoms with E-state index in [1.165, 1.54) is 81.5 Å². The van der Waals surface area contributed by atoms with Gasteiger partial charge in [0.25, 0.3) is 0 Å². The number of rotatable bonds is 2. The zero-order valence-electron chi connectivity index (χ0n) is 23.3. The van der Waals surface area contributed by atoms with Crippen molar-refractivity contribution in [1.29, 1.82) is 0 Å². The van der Waals surface area contributed by atoms with Crippen LogP contribution in [-0.4, -0.2) is 0 Å². The highest BCUT2D eigenvalue weighted by Crippen LogP contribution is 2.50. The molecule has 0 aliphatic heterocycles. The molecule has 9 aromatic carbocycles. The number of hydrogen-bond donors (Lipinski definition) is 0. The van der Waals surface area contributed by atoms with Crippen molar-refractivity contribution in [2.45, 2.75) is 0 Å². The van der Waals surface area contributed by atoms with Crippen LogP contribution in [0.3, 0.4) is 0 Å². The summed E-state index contributed by atoms with van der Waals surface area (Å²) in [4.78, 5) is 0. The van der Waals surface area contributed by atoms with Gasteiger partial charge in [0, 0.05) is 16.2 Å². The molecule has 0 saturated carbocycles. The third kappa shape index (κ3) is 3.06. The van der Waals surface area contributed by atoms with Crippen LogP contribution in [0.1, 0.15) is 0 Å². The molecule has 0 fully saturated rings. The highest BCUT2D eigenvalue weighted by molar-refractivity contribution is 6.33. The first kappa shape index (κ1) is 23.0. The molecule has 43 heavy (non-hydrogen) atoms. The monoisotopic (exact) mass is 544 g/mol. The van der Waals surface area contributed by atoms with Crippen LogP contribution in [-0.2, 0) is 0 Å². The van der Waals surface area contributed by atoms with Gasteiger partial charge in [0.05, 0.1) is 0 Å². The van der Waals surface area contributed by atoms with Gasteiger partial charge in [0.15, 0.2) is 0 Å². The van der Waals surface area contributed by atoms with E-state index in [9.17, 15) is 0 Å². The third-order valence-electron chi connectivity index (χ3n) is 9.37. The molecule has 0 unspecified atom stereocenters. The van der Waals surface area contributed by atoms with Crippen LogP contribution in [0, 0.1) is 0 Å². The second-order valence-corrected chi connectivity index (χ2v) is 11.6. The van der Waals surface area contributed by atoms with E-state index in [-0.39, 0.29) is 0 Å². The first-order chi connectivity index (χ1) is 21.3. The fourth-order valence-corrected chi connectivity index (χ4v) is 7.60. The summed E-state index contributed by atoms with van der Waals surface area (Å²) < 4.78 is 6.61. The highest BCUT2D eigenvalue weighted by atomic mass is 16.3. The Hall–Kier alpha value is -5.66. The quantitative estimate of drug-likeness (QED) is 0.156. The maximum Gasteiger partial charge on any atom is 0.143 e. The number of furan rings is 1. The molecular formula is C42H24O. The van der Waals surface area contributed by atoms with E-state index in [0.717, 1.165) is 16.6 Å². The van der Waals surface area contributed by atoms with E-state index in [1.54, 1.807) is 0 Å². The molecule has 0 amide bonds. The predicted octanol–water partition coefficient (Wildman–Crippen LogP) is 12.1. The van der Waals surface area contributed by atoms with Gasteiger partial charge in [0.2, 0.25) is 0 Å². The smallest absolute Gasteiger partial charge is 0.143 e. The maximum absolute atomic E-state index is 6.61. The van der Waals surface area contributed by atoms with Crippen LogP contribution in [0.15, 0.2) is 150 Å². The summed E-state index contributed by atoms with van der Waals surface area (Å²) in [6, 6.07) is 53.1. The standard InChI is InChI=1S/C42H24O/c1-3-15-28-25(11-1)13-9-21-30(28)39-31-17-5-7-19-33(31)40(34-20-8-6-18-32(34)39)35-24-27-14-10-22-37-38(27)41-36(35)23-26-12-2-4-16-29(26)42(41)43-37/h1-24H. The Morgan fingerprint density at radius 2 is 0.860 bits per heavy atom. The van der Waals surface area contributed by atoms with Crippen molar-refractivity contribution >= 4 is 75.8 Å². The Balaban J connectivity index is 1.43. The molecular weight excluding hydrogens is 520 g/mol. The van der Waals surface area contributed by atoms with Crippen molar-refractivity contribution in [2.75, 3.05) is 0 Å². The van der Waals surface area contributed by atoms with E-state index in [1.807, 2.05) is 0 Å². The van der Waals surface area contributed by atoms with Gasteiger partial charge in [-0.25, -0.2) is 0 Å². The minimum atomic E-state index is 0.946. The van der Waals surface area contributed by atoms with E-state index in [4.69, 9.17) is 4.42 Å². The van der Waals surface area contributed by atoms with E-state index in [2.05, 4.69) is 146 Å². The van der Waals surface area contributed by atoms with Crippen LogP contribution in [0.2, 0.25) is 0 Å². The Kier molecular flexibility index (Phi) is 4.51. The predicted molar refractivity (Wildman–Crippen MR) is 183 cm³/mol. The zero-order chi connectivity index (χ0) is 28.1. The van der Waals surface area contributed by atoms with E-state index < -0.39 is 0 Å². The Labute approximate surface area is 247 Å². The van der Waals surface area contributed by atoms with Gasteiger partial charge in [-0.1, -0.05) is 127 Å². The molecule has 0 aliphatic rings. The van der Waals surface area contributed by atoms with Crippen LogP contribution in [0.5, 0.6) is 0 Å². The van der Waals surface area contributed by atoms with Gasteiger partial charge < -0.3 is 4.42 Å². The van der Waals surface area contributed by atoms with Crippen LogP contribution >= 0.6 is 0 Å². The van der Waals surface area contributed by atoms with Gasteiger partial charge in [-0.3, -0.25) is 0 Å². The third-order valence-corrected chi connectivity index (χ3v) is 9.37. The summed E-state index contributed by atoms with van der Waals surface area (Å²) in [7, 11) is 0. The maximum atomic E-state index is 6.61. The molecule has 0 N–H and O–H groups in total. The Morgan fingerprint density at radius 1 is 0.326 bits per heavy atom. The highest BCUT2D eigenvalue weighted by Gasteiger charge is 2.23. The fourth-order valence-electron chi connectivity index (χ4n) is 7.60. The largest absolute Gasteiger partial charge is 0.455 e. The second-order valence-electron chi connectivity index (χ2n) is 11.6. The molecule has 1 aromatic heterocycles. The second kappa shape index (κ2) is 8.44. The van der Waals surface area contributed by atoms with Crippen molar-refractivity contribution in [1.82, 2.24) is 0 Å².